The molecule has 3 nitrogen and oxygen atoms in total. The monoisotopic (exact) mass is 354 g/mol. The molecule has 0 heterocycles. The summed E-state index contributed by atoms with van der Waals surface area (Å²) in [6, 6.07) is 12.4. The number of aryl methyl sites for hydroxylation is 1. The molecule has 0 aromatic heterocycles. The third-order valence-electron chi connectivity index (χ3n) is 4.83. The predicted octanol–water partition coefficient (Wildman–Crippen LogP) is 6.44. The smallest absolute Gasteiger partial charge is 0.335 e. The Morgan fingerprint density at radius 2 is 1.46 bits per heavy atom. The Balaban J connectivity index is 1.94. The topological polar surface area (TPSA) is 57.5 Å². The van der Waals surface area contributed by atoms with Crippen LogP contribution in [-0.2, 0) is 6.42 Å². The Kier molecular flexibility index (Phi) is 8.20. The number of carboxylic acid groups (broad SMARTS) is 1. The van der Waals surface area contributed by atoms with Crippen LogP contribution in [0.1, 0.15) is 74.2 Å². The normalized spacial score (nSPS) is 10.8. The van der Waals surface area contributed by atoms with Crippen LogP contribution in [0.2, 0.25) is 0 Å². The average Bonchev–Trinajstić information content (AvgIpc) is 2.64. The lowest BCUT2D eigenvalue weighted by Gasteiger charge is -2.11. The van der Waals surface area contributed by atoms with Crippen LogP contribution in [0.5, 0.6) is 5.75 Å². The number of aromatic hydroxyl groups is 1. The van der Waals surface area contributed by atoms with Crippen LogP contribution in [-0.4, -0.2) is 16.2 Å². The van der Waals surface area contributed by atoms with Crippen molar-refractivity contribution in [3.63, 3.8) is 0 Å². The van der Waals surface area contributed by atoms with E-state index in [1.54, 1.807) is 18.2 Å². The average molecular weight is 354 g/mol. The van der Waals surface area contributed by atoms with Crippen molar-refractivity contribution in [2.24, 2.45) is 0 Å². The Hall–Kier alpha value is -2.29. The molecule has 2 rings (SSSR count). The molecule has 0 fully saturated rings. The third kappa shape index (κ3) is 6.21. The number of aromatic carboxylic acids is 1. The Morgan fingerprint density at radius 1 is 0.846 bits per heavy atom. The van der Waals surface area contributed by atoms with Crippen molar-refractivity contribution in [2.45, 2.75) is 64.7 Å². The number of benzene rings is 2. The maximum Gasteiger partial charge on any atom is 0.335 e. The van der Waals surface area contributed by atoms with Crippen molar-refractivity contribution < 1.29 is 15.0 Å². The minimum absolute atomic E-state index is 0.283. The van der Waals surface area contributed by atoms with Gasteiger partial charge in [-0.05, 0) is 53.8 Å². The lowest BCUT2D eigenvalue weighted by atomic mass is 9.94. The van der Waals surface area contributed by atoms with Crippen LogP contribution < -0.4 is 0 Å². The van der Waals surface area contributed by atoms with Crippen LogP contribution in [0.25, 0.3) is 11.1 Å². The molecular weight excluding hydrogens is 324 g/mol. The van der Waals surface area contributed by atoms with Gasteiger partial charge >= 0.3 is 5.97 Å². The first kappa shape index (κ1) is 20.0. The number of rotatable bonds is 11. The van der Waals surface area contributed by atoms with Gasteiger partial charge in [-0.25, -0.2) is 4.79 Å². The quantitative estimate of drug-likeness (QED) is 0.456. The van der Waals surface area contributed by atoms with Crippen molar-refractivity contribution in [3.8, 4) is 16.9 Å². The second-order valence-corrected chi connectivity index (χ2v) is 6.95. The van der Waals surface area contributed by atoms with Gasteiger partial charge in [0.15, 0.2) is 0 Å². The maximum absolute atomic E-state index is 11.0. The second-order valence-electron chi connectivity index (χ2n) is 6.95. The number of unbranched alkanes of at least 4 members (excludes halogenated alkanes) is 7. The molecule has 0 saturated heterocycles. The van der Waals surface area contributed by atoms with Crippen molar-refractivity contribution in [2.75, 3.05) is 0 Å². The van der Waals surface area contributed by atoms with E-state index in [0.717, 1.165) is 29.5 Å². The highest BCUT2D eigenvalue weighted by molar-refractivity contribution is 5.88. The summed E-state index contributed by atoms with van der Waals surface area (Å²) in [4.78, 5) is 11.0. The second kappa shape index (κ2) is 10.6. The molecule has 0 bridgehead atoms. The van der Waals surface area contributed by atoms with E-state index >= 15 is 0 Å². The van der Waals surface area contributed by atoms with Crippen LogP contribution in [0.4, 0.5) is 0 Å². The van der Waals surface area contributed by atoms with Crippen LogP contribution in [0.15, 0.2) is 42.5 Å². The van der Waals surface area contributed by atoms with Crippen molar-refractivity contribution in [1.82, 2.24) is 0 Å². The molecule has 0 aliphatic rings. The Bertz CT molecular complexity index is 689. The van der Waals surface area contributed by atoms with Crippen LogP contribution in [0, 0.1) is 0 Å². The number of hydrogen-bond donors (Lipinski definition) is 2. The molecular formula is C23H30O3. The molecule has 0 aliphatic heterocycles. The molecule has 0 amide bonds. The number of carbonyl (C=O) groups is 1. The zero-order chi connectivity index (χ0) is 18.8. The number of hydrogen-bond acceptors (Lipinski definition) is 2. The fourth-order valence-corrected chi connectivity index (χ4v) is 3.31. The highest BCUT2D eigenvalue weighted by Gasteiger charge is 2.08. The highest BCUT2D eigenvalue weighted by Crippen LogP contribution is 2.29. The first-order valence-electron chi connectivity index (χ1n) is 9.77. The summed E-state index contributed by atoms with van der Waals surface area (Å²) in [6.45, 7) is 2.24. The molecule has 0 atom stereocenters. The van der Waals surface area contributed by atoms with E-state index in [4.69, 9.17) is 5.11 Å². The molecule has 0 spiro atoms. The number of carboxylic acids is 1. The zero-order valence-electron chi connectivity index (χ0n) is 15.7. The Morgan fingerprint density at radius 3 is 2.08 bits per heavy atom. The fraction of sp³-hybridized carbons (Fsp3) is 0.435. The van der Waals surface area contributed by atoms with Gasteiger partial charge in [0.05, 0.1) is 5.56 Å². The van der Waals surface area contributed by atoms with Gasteiger partial charge in [0.2, 0.25) is 0 Å². The molecule has 26 heavy (non-hydrogen) atoms. The fourth-order valence-electron chi connectivity index (χ4n) is 3.31. The van der Waals surface area contributed by atoms with Crippen LogP contribution >= 0.6 is 0 Å². The first-order valence-corrected chi connectivity index (χ1v) is 9.77. The van der Waals surface area contributed by atoms with Crippen LogP contribution in [0.3, 0.4) is 0 Å². The van der Waals surface area contributed by atoms with Gasteiger partial charge in [-0.15, -0.1) is 0 Å². The SMILES string of the molecule is CCCCCCCCCCc1cc(O)ccc1-c1ccc(C(=O)O)cc1. The van der Waals surface area contributed by atoms with Crippen molar-refractivity contribution in [3.05, 3.63) is 53.6 Å². The van der Waals surface area contributed by atoms with Gasteiger partial charge in [0.1, 0.15) is 5.75 Å². The van der Waals surface area contributed by atoms with Gasteiger partial charge in [0, 0.05) is 0 Å². The van der Waals surface area contributed by atoms with E-state index in [9.17, 15) is 9.90 Å². The minimum Gasteiger partial charge on any atom is -0.508 e. The van der Waals surface area contributed by atoms with E-state index in [1.165, 1.54) is 44.9 Å². The first-order chi connectivity index (χ1) is 12.6. The summed E-state index contributed by atoms with van der Waals surface area (Å²) in [7, 11) is 0. The summed E-state index contributed by atoms with van der Waals surface area (Å²) in [5.74, 6) is -0.633. The Labute approximate surface area is 156 Å². The lowest BCUT2D eigenvalue weighted by molar-refractivity contribution is 0.0697. The van der Waals surface area contributed by atoms with Gasteiger partial charge < -0.3 is 10.2 Å². The maximum atomic E-state index is 11.0. The van der Waals surface area contributed by atoms with Gasteiger partial charge in [-0.1, -0.05) is 70.1 Å². The van der Waals surface area contributed by atoms with Gasteiger partial charge in [-0.3, -0.25) is 0 Å². The van der Waals surface area contributed by atoms with E-state index in [-0.39, 0.29) is 11.3 Å². The highest BCUT2D eigenvalue weighted by atomic mass is 16.4. The molecule has 2 aromatic rings. The van der Waals surface area contributed by atoms with Crippen molar-refractivity contribution in [1.29, 1.82) is 0 Å². The summed E-state index contributed by atoms with van der Waals surface area (Å²) >= 11 is 0. The molecule has 0 radical (unpaired) electrons. The molecule has 0 aliphatic carbocycles. The molecule has 2 N–H and O–H groups in total. The van der Waals surface area contributed by atoms with E-state index < -0.39 is 5.97 Å². The minimum atomic E-state index is -0.915. The lowest BCUT2D eigenvalue weighted by Crippen LogP contribution is -1.96. The molecule has 3 heteroatoms. The summed E-state index contributed by atoms with van der Waals surface area (Å²) in [5, 5.41) is 18.9. The number of phenols is 1. The molecule has 140 valence electrons. The third-order valence-corrected chi connectivity index (χ3v) is 4.83. The summed E-state index contributed by atoms with van der Waals surface area (Å²) in [6.07, 6.45) is 11.1. The molecule has 0 saturated carbocycles. The number of phenolic OH excluding ortho intramolecular Hbond substituents is 1. The standard InChI is InChI=1S/C23H30O3/c1-2-3-4-5-6-7-8-9-10-20-17-21(24)15-16-22(20)18-11-13-19(14-12-18)23(25)26/h11-17,24H,2-10H2,1H3,(H,25,26). The predicted molar refractivity (Wildman–Crippen MR) is 107 cm³/mol. The van der Waals surface area contributed by atoms with Gasteiger partial charge in [0.25, 0.3) is 0 Å². The molecule has 2 aromatic carbocycles. The van der Waals surface area contributed by atoms with E-state index in [1.807, 2.05) is 24.3 Å². The van der Waals surface area contributed by atoms with Crippen molar-refractivity contribution >= 4 is 5.97 Å². The summed E-state index contributed by atoms with van der Waals surface area (Å²) in [5.41, 5.74) is 3.48. The zero-order valence-corrected chi connectivity index (χ0v) is 15.7. The van der Waals surface area contributed by atoms with E-state index in [2.05, 4.69) is 6.92 Å². The van der Waals surface area contributed by atoms with E-state index in [0.29, 0.717) is 0 Å². The largest absolute Gasteiger partial charge is 0.508 e. The molecule has 0 unspecified atom stereocenters. The summed E-state index contributed by atoms with van der Waals surface area (Å²) < 4.78 is 0. The van der Waals surface area contributed by atoms with Gasteiger partial charge in [-0.2, -0.15) is 0 Å².